The molecule has 1 amide bonds. The van der Waals surface area contributed by atoms with Crippen LogP contribution in [-0.4, -0.2) is 11.9 Å². The molecule has 19 heavy (non-hydrogen) atoms. The van der Waals surface area contributed by atoms with Gasteiger partial charge in [-0.25, -0.2) is 0 Å². The fraction of sp³-hybridized carbons (Fsp3) is 0.267. The molecule has 0 saturated carbocycles. The van der Waals surface area contributed by atoms with Crippen LogP contribution in [0, 0.1) is 0 Å². The summed E-state index contributed by atoms with van der Waals surface area (Å²) in [7, 11) is 0. The zero-order chi connectivity index (χ0) is 13.7. The van der Waals surface area contributed by atoms with Crippen molar-refractivity contribution in [3.8, 4) is 0 Å². The molecule has 0 aliphatic heterocycles. The Balaban J connectivity index is 1.80. The van der Waals surface area contributed by atoms with Crippen molar-refractivity contribution in [1.82, 2.24) is 5.32 Å². The first-order valence-electron chi connectivity index (χ1n) is 6.24. The number of halogens is 1. The molecule has 2 rings (SSSR count). The minimum atomic E-state index is -0.159. The van der Waals surface area contributed by atoms with Crippen LogP contribution in [0.2, 0.25) is 0 Å². The lowest BCUT2D eigenvalue weighted by Gasteiger charge is -2.12. The molecule has 0 aliphatic carbocycles. The van der Waals surface area contributed by atoms with Gasteiger partial charge in [-0.2, -0.15) is 0 Å². The van der Waals surface area contributed by atoms with Gasteiger partial charge in [-0.05, 0) is 49.6 Å². The highest BCUT2D eigenvalue weighted by Crippen LogP contribution is 2.12. The van der Waals surface area contributed by atoms with Crippen molar-refractivity contribution in [3.05, 3.63) is 58.5 Å². The van der Waals surface area contributed by atoms with E-state index in [0.29, 0.717) is 5.76 Å². The Hall–Kier alpha value is -1.55. The third kappa shape index (κ3) is 4.24. The van der Waals surface area contributed by atoms with Crippen LogP contribution >= 0.6 is 15.9 Å². The Morgan fingerprint density at radius 1 is 1.32 bits per heavy atom. The molecule has 100 valence electrons. The van der Waals surface area contributed by atoms with Gasteiger partial charge >= 0.3 is 0 Å². The molecule has 1 unspecified atom stereocenters. The lowest BCUT2D eigenvalue weighted by Crippen LogP contribution is -2.32. The molecule has 0 bridgehead atoms. The first kappa shape index (κ1) is 13.9. The number of nitrogens with one attached hydrogen (secondary N) is 1. The number of carbonyl (C=O) groups excluding carboxylic acids is 1. The summed E-state index contributed by atoms with van der Waals surface area (Å²) in [4.78, 5) is 11.8. The third-order valence-corrected chi connectivity index (χ3v) is 3.43. The summed E-state index contributed by atoms with van der Waals surface area (Å²) in [6.07, 6.45) is 3.34. The Kier molecular flexibility index (Phi) is 4.80. The van der Waals surface area contributed by atoms with Crippen molar-refractivity contribution < 1.29 is 9.21 Å². The molecule has 1 N–H and O–H groups in total. The second-order valence-electron chi connectivity index (χ2n) is 4.52. The van der Waals surface area contributed by atoms with Crippen molar-refractivity contribution in [1.29, 1.82) is 0 Å². The summed E-state index contributed by atoms with van der Waals surface area (Å²) in [5.74, 6) is 0.198. The second kappa shape index (κ2) is 6.57. The molecule has 1 heterocycles. The highest BCUT2D eigenvalue weighted by Gasteiger charge is 2.11. The van der Waals surface area contributed by atoms with E-state index >= 15 is 0 Å². The molecule has 0 spiro atoms. The van der Waals surface area contributed by atoms with Crippen molar-refractivity contribution in [2.75, 3.05) is 0 Å². The van der Waals surface area contributed by atoms with E-state index in [2.05, 4.69) is 33.4 Å². The zero-order valence-electron chi connectivity index (χ0n) is 10.7. The smallest absolute Gasteiger partial charge is 0.287 e. The van der Waals surface area contributed by atoms with E-state index in [9.17, 15) is 4.79 Å². The Morgan fingerprint density at radius 2 is 2.05 bits per heavy atom. The van der Waals surface area contributed by atoms with Crippen LogP contribution in [0.3, 0.4) is 0 Å². The van der Waals surface area contributed by atoms with Crippen LogP contribution in [0.5, 0.6) is 0 Å². The fourth-order valence-corrected chi connectivity index (χ4v) is 2.07. The lowest BCUT2D eigenvalue weighted by atomic mass is 10.1. The average Bonchev–Trinajstić information content (AvgIpc) is 2.92. The summed E-state index contributed by atoms with van der Waals surface area (Å²) in [6.45, 7) is 2.00. The highest BCUT2D eigenvalue weighted by atomic mass is 79.9. The molecule has 2 aromatic rings. The minimum absolute atomic E-state index is 0.112. The van der Waals surface area contributed by atoms with Gasteiger partial charge in [-0.3, -0.25) is 4.79 Å². The minimum Gasteiger partial charge on any atom is -0.459 e. The van der Waals surface area contributed by atoms with Crippen molar-refractivity contribution >= 4 is 21.8 Å². The molecule has 1 aromatic carbocycles. The summed E-state index contributed by atoms with van der Waals surface area (Å²) in [5, 5.41) is 2.92. The summed E-state index contributed by atoms with van der Waals surface area (Å²) >= 11 is 3.41. The summed E-state index contributed by atoms with van der Waals surface area (Å²) in [6, 6.07) is 11.7. The molecule has 0 fully saturated rings. The molecule has 4 heteroatoms. The first-order chi connectivity index (χ1) is 9.15. The molecular weight excluding hydrogens is 306 g/mol. The van der Waals surface area contributed by atoms with Gasteiger partial charge in [0.25, 0.3) is 5.91 Å². The van der Waals surface area contributed by atoms with E-state index in [1.807, 2.05) is 19.1 Å². The standard InChI is InChI=1S/C15H16BrNO2/c1-11(17-15(18)14-3-2-10-19-14)4-5-12-6-8-13(16)9-7-12/h2-3,6-11H,4-5H2,1H3,(H,17,18). The van der Waals surface area contributed by atoms with Gasteiger partial charge in [0.2, 0.25) is 0 Å². The predicted molar refractivity (Wildman–Crippen MR) is 78.1 cm³/mol. The van der Waals surface area contributed by atoms with Crippen molar-refractivity contribution in [3.63, 3.8) is 0 Å². The number of benzene rings is 1. The normalized spacial score (nSPS) is 12.1. The maximum atomic E-state index is 11.8. The topological polar surface area (TPSA) is 42.2 Å². The molecule has 0 saturated heterocycles. The van der Waals surface area contributed by atoms with Gasteiger partial charge in [0.15, 0.2) is 5.76 Å². The number of hydrogen-bond donors (Lipinski definition) is 1. The van der Waals surface area contributed by atoms with Crippen molar-refractivity contribution in [2.45, 2.75) is 25.8 Å². The van der Waals surface area contributed by atoms with Crippen molar-refractivity contribution in [2.24, 2.45) is 0 Å². The molecule has 0 radical (unpaired) electrons. The van der Waals surface area contributed by atoms with E-state index in [1.54, 1.807) is 12.1 Å². The monoisotopic (exact) mass is 321 g/mol. The SMILES string of the molecule is CC(CCc1ccc(Br)cc1)NC(=O)c1ccco1. The summed E-state index contributed by atoms with van der Waals surface area (Å²) < 4.78 is 6.13. The molecule has 3 nitrogen and oxygen atoms in total. The highest BCUT2D eigenvalue weighted by molar-refractivity contribution is 9.10. The lowest BCUT2D eigenvalue weighted by molar-refractivity contribution is 0.0910. The predicted octanol–water partition coefficient (Wildman–Crippen LogP) is 3.79. The van der Waals surface area contributed by atoms with E-state index in [4.69, 9.17) is 4.42 Å². The van der Waals surface area contributed by atoms with E-state index in [-0.39, 0.29) is 11.9 Å². The maximum Gasteiger partial charge on any atom is 0.287 e. The molecule has 1 aromatic heterocycles. The van der Waals surface area contributed by atoms with Crippen LogP contribution in [0.4, 0.5) is 0 Å². The van der Waals surface area contributed by atoms with E-state index in [0.717, 1.165) is 17.3 Å². The Labute approximate surface area is 121 Å². The van der Waals surface area contributed by atoms with Crippen LogP contribution in [-0.2, 0) is 6.42 Å². The van der Waals surface area contributed by atoms with E-state index < -0.39 is 0 Å². The maximum absolute atomic E-state index is 11.8. The molecular formula is C15H16BrNO2. The van der Waals surface area contributed by atoms with E-state index in [1.165, 1.54) is 11.8 Å². The van der Waals surface area contributed by atoms with Crippen LogP contribution < -0.4 is 5.32 Å². The average molecular weight is 322 g/mol. The largest absolute Gasteiger partial charge is 0.459 e. The van der Waals surface area contributed by atoms with Gasteiger partial charge in [0.1, 0.15) is 0 Å². The summed E-state index contributed by atoms with van der Waals surface area (Å²) in [5.41, 5.74) is 1.27. The third-order valence-electron chi connectivity index (χ3n) is 2.90. The van der Waals surface area contributed by atoms with Crippen LogP contribution in [0.15, 0.2) is 51.6 Å². The quantitative estimate of drug-likeness (QED) is 0.910. The number of carbonyl (C=O) groups is 1. The Morgan fingerprint density at radius 3 is 2.68 bits per heavy atom. The van der Waals surface area contributed by atoms with Gasteiger partial charge < -0.3 is 9.73 Å². The van der Waals surface area contributed by atoms with Gasteiger partial charge in [-0.15, -0.1) is 0 Å². The number of amides is 1. The van der Waals surface area contributed by atoms with Crippen LogP contribution in [0.1, 0.15) is 29.5 Å². The molecule has 0 aliphatic rings. The number of hydrogen-bond acceptors (Lipinski definition) is 2. The second-order valence-corrected chi connectivity index (χ2v) is 5.43. The number of furan rings is 1. The van der Waals surface area contributed by atoms with Crippen LogP contribution in [0.25, 0.3) is 0 Å². The number of rotatable bonds is 5. The zero-order valence-corrected chi connectivity index (χ0v) is 12.3. The van der Waals surface area contributed by atoms with Gasteiger partial charge in [0.05, 0.1) is 6.26 Å². The Bertz CT molecular complexity index is 520. The number of aryl methyl sites for hydroxylation is 1. The van der Waals surface area contributed by atoms with Gasteiger partial charge in [0, 0.05) is 10.5 Å². The van der Waals surface area contributed by atoms with Gasteiger partial charge in [-0.1, -0.05) is 28.1 Å². The molecule has 1 atom stereocenters. The fourth-order valence-electron chi connectivity index (χ4n) is 1.81. The first-order valence-corrected chi connectivity index (χ1v) is 7.03.